The van der Waals surface area contributed by atoms with Crippen molar-refractivity contribution in [1.82, 2.24) is 9.78 Å². The summed E-state index contributed by atoms with van der Waals surface area (Å²) in [5.41, 5.74) is 2.12. The summed E-state index contributed by atoms with van der Waals surface area (Å²) in [7, 11) is 0. The van der Waals surface area contributed by atoms with Crippen LogP contribution in [0.15, 0.2) is 11.4 Å². The number of fused-ring (bicyclic) bond motifs is 1. The molecule has 0 radical (unpaired) electrons. The summed E-state index contributed by atoms with van der Waals surface area (Å²) in [4.78, 5) is 0. The van der Waals surface area contributed by atoms with Crippen molar-refractivity contribution in [2.24, 2.45) is 5.16 Å². The van der Waals surface area contributed by atoms with Crippen LogP contribution in [-0.4, -0.2) is 21.2 Å². The Balaban J connectivity index is 2.42. The van der Waals surface area contributed by atoms with Crippen LogP contribution in [0.5, 0.6) is 0 Å². The molecule has 4 heteroatoms. The van der Waals surface area contributed by atoms with Crippen molar-refractivity contribution >= 4 is 6.21 Å². The predicted octanol–water partition coefficient (Wildman–Crippen LogP) is 0.637. The van der Waals surface area contributed by atoms with E-state index in [1.807, 2.05) is 4.68 Å². The van der Waals surface area contributed by atoms with E-state index < -0.39 is 0 Å². The smallest absolute Gasteiger partial charge is 0.0768 e. The molecular formula is C7H9N3O. The Labute approximate surface area is 64.1 Å². The monoisotopic (exact) mass is 151 g/mol. The highest BCUT2D eigenvalue weighted by Gasteiger charge is 2.14. The Morgan fingerprint density at radius 2 is 2.64 bits per heavy atom. The first-order chi connectivity index (χ1) is 5.42. The second-order valence-electron chi connectivity index (χ2n) is 2.62. The van der Waals surface area contributed by atoms with Crippen LogP contribution in [-0.2, 0) is 13.0 Å². The minimum absolute atomic E-state index is 0.935. The molecule has 1 aliphatic rings. The normalized spacial score (nSPS) is 16.0. The molecule has 4 nitrogen and oxygen atoms in total. The van der Waals surface area contributed by atoms with Crippen molar-refractivity contribution in [2.45, 2.75) is 19.4 Å². The summed E-state index contributed by atoms with van der Waals surface area (Å²) in [6.45, 7) is 0.995. The molecule has 0 saturated heterocycles. The first-order valence-electron chi connectivity index (χ1n) is 3.64. The van der Waals surface area contributed by atoms with Gasteiger partial charge in [0.1, 0.15) is 0 Å². The average molecular weight is 151 g/mol. The van der Waals surface area contributed by atoms with Gasteiger partial charge < -0.3 is 5.21 Å². The predicted molar refractivity (Wildman–Crippen MR) is 39.9 cm³/mol. The van der Waals surface area contributed by atoms with Gasteiger partial charge in [-0.05, 0) is 12.8 Å². The van der Waals surface area contributed by atoms with Crippen molar-refractivity contribution in [2.75, 3.05) is 0 Å². The minimum atomic E-state index is 0.935. The van der Waals surface area contributed by atoms with Gasteiger partial charge in [-0.2, -0.15) is 5.10 Å². The molecule has 1 aromatic rings. The number of aromatic nitrogens is 2. The number of aryl methyl sites for hydroxylation is 1. The van der Waals surface area contributed by atoms with Crippen LogP contribution in [0.1, 0.15) is 17.7 Å². The Morgan fingerprint density at radius 1 is 1.73 bits per heavy atom. The molecule has 1 N–H and O–H groups in total. The highest BCUT2D eigenvalue weighted by molar-refractivity contribution is 5.80. The van der Waals surface area contributed by atoms with E-state index in [9.17, 15) is 0 Å². The zero-order valence-corrected chi connectivity index (χ0v) is 6.06. The van der Waals surface area contributed by atoms with E-state index >= 15 is 0 Å². The lowest BCUT2D eigenvalue weighted by Crippen LogP contribution is -1.93. The molecule has 0 atom stereocenters. The molecule has 58 valence electrons. The molecule has 0 aromatic carbocycles. The molecule has 1 aromatic heterocycles. The van der Waals surface area contributed by atoms with Crippen LogP contribution in [0, 0.1) is 0 Å². The first-order valence-corrected chi connectivity index (χ1v) is 3.64. The van der Waals surface area contributed by atoms with Gasteiger partial charge in [-0.3, -0.25) is 4.68 Å². The summed E-state index contributed by atoms with van der Waals surface area (Å²) >= 11 is 0. The van der Waals surface area contributed by atoms with E-state index in [2.05, 4.69) is 10.3 Å². The third-order valence-electron chi connectivity index (χ3n) is 1.96. The van der Waals surface area contributed by atoms with E-state index in [1.54, 1.807) is 6.20 Å². The summed E-state index contributed by atoms with van der Waals surface area (Å²) < 4.78 is 1.96. The second-order valence-corrected chi connectivity index (χ2v) is 2.62. The number of oxime groups is 1. The van der Waals surface area contributed by atoms with Gasteiger partial charge in [0, 0.05) is 17.8 Å². The van der Waals surface area contributed by atoms with Crippen LogP contribution < -0.4 is 0 Å². The molecular weight excluding hydrogens is 142 g/mol. The third-order valence-corrected chi connectivity index (χ3v) is 1.96. The zero-order valence-electron chi connectivity index (χ0n) is 6.06. The minimum Gasteiger partial charge on any atom is -0.411 e. The van der Waals surface area contributed by atoms with E-state index in [0.717, 1.165) is 24.9 Å². The second kappa shape index (κ2) is 2.38. The summed E-state index contributed by atoms with van der Waals surface area (Å²) in [6, 6.07) is 0. The van der Waals surface area contributed by atoms with Crippen molar-refractivity contribution < 1.29 is 5.21 Å². The lowest BCUT2D eigenvalue weighted by Gasteiger charge is -1.91. The maximum absolute atomic E-state index is 8.30. The fourth-order valence-corrected chi connectivity index (χ4v) is 1.46. The molecule has 0 fully saturated rings. The molecule has 0 bridgehead atoms. The van der Waals surface area contributed by atoms with Gasteiger partial charge in [-0.15, -0.1) is 0 Å². The number of rotatable bonds is 1. The maximum Gasteiger partial charge on any atom is 0.0768 e. The summed E-state index contributed by atoms with van der Waals surface area (Å²) in [5.74, 6) is 0. The fourth-order valence-electron chi connectivity index (χ4n) is 1.46. The molecule has 1 aliphatic heterocycles. The van der Waals surface area contributed by atoms with Gasteiger partial charge >= 0.3 is 0 Å². The number of nitrogens with zero attached hydrogens (tertiary/aromatic N) is 3. The first kappa shape index (κ1) is 6.39. The lowest BCUT2D eigenvalue weighted by molar-refractivity contribution is 0.322. The van der Waals surface area contributed by atoms with E-state index in [0.29, 0.717) is 0 Å². The number of hydrogen-bond donors (Lipinski definition) is 1. The lowest BCUT2D eigenvalue weighted by atomic mass is 10.2. The molecule has 0 amide bonds. The highest BCUT2D eigenvalue weighted by Crippen LogP contribution is 2.16. The van der Waals surface area contributed by atoms with Gasteiger partial charge in [-0.1, -0.05) is 5.16 Å². The molecule has 2 rings (SSSR count). The van der Waals surface area contributed by atoms with Crippen LogP contribution in [0.3, 0.4) is 0 Å². The Hall–Kier alpha value is -1.32. The summed E-state index contributed by atoms with van der Waals surface area (Å²) in [6.07, 6.45) is 5.36. The molecule has 0 aliphatic carbocycles. The van der Waals surface area contributed by atoms with Gasteiger partial charge in [0.15, 0.2) is 0 Å². The molecule has 0 unspecified atom stereocenters. The topological polar surface area (TPSA) is 50.4 Å². The molecule has 0 saturated carbocycles. The van der Waals surface area contributed by atoms with Gasteiger partial charge in [-0.25, -0.2) is 0 Å². The Kier molecular flexibility index (Phi) is 1.38. The van der Waals surface area contributed by atoms with Crippen LogP contribution >= 0.6 is 0 Å². The van der Waals surface area contributed by atoms with Crippen molar-refractivity contribution in [1.29, 1.82) is 0 Å². The molecule has 0 spiro atoms. The standard InChI is InChI=1S/C7H9N3O/c11-9-5-6-4-8-10-3-1-2-7(6)10/h4-5,11H,1-3H2/b9-5+. The van der Waals surface area contributed by atoms with Crippen LogP contribution in [0.25, 0.3) is 0 Å². The fraction of sp³-hybridized carbons (Fsp3) is 0.429. The Morgan fingerprint density at radius 3 is 3.45 bits per heavy atom. The van der Waals surface area contributed by atoms with Gasteiger partial charge in [0.05, 0.1) is 12.4 Å². The largest absolute Gasteiger partial charge is 0.411 e. The van der Waals surface area contributed by atoms with E-state index in [1.165, 1.54) is 11.9 Å². The van der Waals surface area contributed by atoms with Crippen molar-refractivity contribution in [3.8, 4) is 0 Å². The number of hydrogen-bond acceptors (Lipinski definition) is 3. The zero-order chi connectivity index (χ0) is 7.68. The molecule has 2 heterocycles. The van der Waals surface area contributed by atoms with Crippen LogP contribution in [0.4, 0.5) is 0 Å². The SMILES string of the molecule is O/N=C/c1cnn2c1CCC2. The quantitative estimate of drug-likeness (QED) is 0.363. The van der Waals surface area contributed by atoms with Crippen molar-refractivity contribution in [3.63, 3.8) is 0 Å². The average Bonchev–Trinajstić information content (AvgIpc) is 2.53. The Bertz CT molecular complexity index is 290. The highest BCUT2D eigenvalue weighted by atomic mass is 16.4. The molecule has 11 heavy (non-hydrogen) atoms. The van der Waals surface area contributed by atoms with Gasteiger partial charge in [0.25, 0.3) is 0 Å². The van der Waals surface area contributed by atoms with E-state index in [-0.39, 0.29) is 0 Å². The summed E-state index contributed by atoms with van der Waals surface area (Å²) in [5, 5.41) is 15.4. The van der Waals surface area contributed by atoms with E-state index in [4.69, 9.17) is 5.21 Å². The van der Waals surface area contributed by atoms with Crippen LogP contribution in [0.2, 0.25) is 0 Å². The van der Waals surface area contributed by atoms with Gasteiger partial charge in [0.2, 0.25) is 0 Å². The maximum atomic E-state index is 8.30. The van der Waals surface area contributed by atoms with Crippen molar-refractivity contribution in [3.05, 3.63) is 17.5 Å². The third kappa shape index (κ3) is 0.906.